The van der Waals surface area contributed by atoms with E-state index in [2.05, 4.69) is 4.98 Å². The molecule has 0 aliphatic carbocycles. The third-order valence-corrected chi connectivity index (χ3v) is 2.15. The van der Waals surface area contributed by atoms with Crippen molar-refractivity contribution in [2.45, 2.75) is 13.5 Å². The number of oxazole rings is 1. The van der Waals surface area contributed by atoms with Gasteiger partial charge in [-0.1, -0.05) is 6.07 Å². The number of nitrogens with zero attached hydrogens (tertiary/aromatic N) is 1. The van der Waals surface area contributed by atoms with Crippen LogP contribution in [-0.4, -0.2) is 11.6 Å². The van der Waals surface area contributed by atoms with E-state index in [-0.39, 0.29) is 0 Å². The number of rotatable bonds is 4. The number of ether oxygens (including phenoxy) is 1. The van der Waals surface area contributed by atoms with Crippen LogP contribution in [0.15, 0.2) is 34.9 Å². The van der Waals surface area contributed by atoms with E-state index in [4.69, 9.17) is 14.9 Å². The second-order valence-corrected chi connectivity index (χ2v) is 3.30. The van der Waals surface area contributed by atoms with Gasteiger partial charge in [0.15, 0.2) is 0 Å². The summed E-state index contributed by atoms with van der Waals surface area (Å²) in [7, 11) is 0. The van der Waals surface area contributed by atoms with E-state index in [1.165, 1.54) is 0 Å². The van der Waals surface area contributed by atoms with E-state index in [0.29, 0.717) is 24.8 Å². The quantitative estimate of drug-likeness (QED) is 0.854. The van der Waals surface area contributed by atoms with Crippen LogP contribution in [0.2, 0.25) is 0 Å². The normalized spacial score (nSPS) is 10.4. The Morgan fingerprint density at radius 3 is 3.00 bits per heavy atom. The maximum Gasteiger partial charge on any atom is 0.226 e. The molecule has 84 valence electrons. The Morgan fingerprint density at radius 1 is 1.44 bits per heavy atom. The molecule has 0 saturated carbocycles. The predicted octanol–water partition coefficient (Wildman–Crippen LogP) is 2.20. The van der Waals surface area contributed by atoms with Gasteiger partial charge in [0, 0.05) is 5.56 Å². The SMILES string of the molecule is CCOc1cccc(-c2ncc(CN)o2)c1. The summed E-state index contributed by atoms with van der Waals surface area (Å²) in [6.45, 7) is 2.95. The lowest BCUT2D eigenvalue weighted by Gasteiger charge is -2.03. The Labute approximate surface area is 94.1 Å². The van der Waals surface area contributed by atoms with E-state index in [1.54, 1.807) is 6.20 Å². The first-order valence-corrected chi connectivity index (χ1v) is 5.21. The average molecular weight is 218 g/mol. The van der Waals surface area contributed by atoms with Gasteiger partial charge in [-0.15, -0.1) is 0 Å². The van der Waals surface area contributed by atoms with Gasteiger partial charge >= 0.3 is 0 Å². The standard InChI is InChI=1S/C12H14N2O2/c1-2-15-10-5-3-4-9(6-10)12-14-8-11(7-13)16-12/h3-6,8H,2,7,13H2,1H3. The summed E-state index contributed by atoms with van der Waals surface area (Å²) in [6.07, 6.45) is 1.64. The zero-order chi connectivity index (χ0) is 11.4. The summed E-state index contributed by atoms with van der Waals surface area (Å²) < 4.78 is 10.9. The fourth-order valence-corrected chi connectivity index (χ4v) is 1.42. The molecule has 2 N–H and O–H groups in total. The Hall–Kier alpha value is -1.81. The van der Waals surface area contributed by atoms with Crippen LogP contribution in [0.25, 0.3) is 11.5 Å². The molecule has 0 bridgehead atoms. The number of benzene rings is 1. The van der Waals surface area contributed by atoms with E-state index >= 15 is 0 Å². The molecule has 0 aliphatic heterocycles. The third-order valence-electron chi connectivity index (χ3n) is 2.15. The largest absolute Gasteiger partial charge is 0.494 e. The topological polar surface area (TPSA) is 61.3 Å². The van der Waals surface area contributed by atoms with Crippen molar-refractivity contribution in [1.29, 1.82) is 0 Å². The first kappa shape index (κ1) is 10.7. The molecule has 0 spiro atoms. The van der Waals surface area contributed by atoms with Gasteiger partial charge < -0.3 is 14.9 Å². The summed E-state index contributed by atoms with van der Waals surface area (Å²) in [5.41, 5.74) is 6.35. The minimum atomic E-state index is 0.359. The first-order valence-electron chi connectivity index (χ1n) is 5.21. The second kappa shape index (κ2) is 4.81. The van der Waals surface area contributed by atoms with Crippen LogP contribution in [-0.2, 0) is 6.54 Å². The molecule has 1 heterocycles. The van der Waals surface area contributed by atoms with E-state index in [0.717, 1.165) is 11.3 Å². The number of aromatic nitrogens is 1. The van der Waals surface area contributed by atoms with Crippen molar-refractivity contribution in [1.82, 2.24) is 4.98 Å². The molecule has 1 aromatic carbocycles. The van der Waals surface area contributed by atoms with Gasteiger partial charge in [-0.25, -0.2) is 4.98 Å². The Bertz CT molecular complexity index is 466. The van der Waals surface area contributed by atoms with E-state index < -0.39 is 0 Å². The molecule has 4 heteroatoms. The summed E-state index contributed by atoms with van der Waals surface area (Å²) in [4.78, 5) is 4.16. The smallest absolute Gasteiger partial charge is 0.226 e. The molecule has 0 radical (unpaired) electrons. The maximum atomic E-state index is 5.46. The molecule has 16 heavy (non-hydrogen) atoms. The van der Waals surface area contributed by atoms with Gasteiger partial charge in [0.2, 0.25) is 5.89 Å². The van der Waals surface area contributed by atoms with Crippen molar-refractivity contribution in [3.8, 4) is 17.2 Å². The van der Waals surface area contributed by atoms with Crippen LogP contribution >= 0.6 is 0 Å². The van der Waals surface area contributed by atoms with Crippen LogP contribution in [0.4, 0.5) is 0 Å². The van der Waals surface area contributed by atoms with E-state index in [9.17, 15) is 0 Å². The van der Waals surface area contributed by atoms with Crippen LogP contribution in [0, 0.1) is 0 Å². The van der Waals surface area contributed by atoms with Crippen LogP contribution in [0.5, 0.6) is 5.75 Å². The van der Waals surface area contributed by atoms with Crippen molar-refractivity contribution in [3.05, 3.63) is 36.2 Å². The lowest BCUT2D eigenvalue weighted by molar-refractivity contribution is 0.340. The summed E-state index contributed by atoms with van der Waals surface area (Å²) >= 11 is 0. The van der Waals surface area contributed by atoms with Crippen LogP contribution in [0.3, 0.4) is 0 Å². The minimum absolute atomic E-state index is 0.359. The summed E-state index contributed by atoms with van der Waals surface area (Å²) in [5, 5.41) is 0. The fourth-order valence-electron chi connectivity index (χ4n) is 1.42. The first-order chi connectivity index (χ1) is 7.83. The summed E-state index contributed by atoms with van der Waals surface area (Å²) in [5.74, 6) is 2.06. The highest BCUT2D eigenvalue weighted by molar-refractivity contribution is 5.55. The molecular weight excluding hydrogens is 204 g/mol. The number of hydrogen-bond acceptors (Lipinski definition) is 4. The molecule has 0 atom stereocenters. The molecule has 1 aromatic heterocycles. The molecule has 2 aromatic rings. The molecular formula is C12H14N2O2. The molecule has 0 saturated heterocycles. The summed E-state index contributed by atoms with van der Waals surface area (Å²) in [6, 6.07) is 7.64. The van der Waals surface area contributed by atoms with Gasteiger partial charge in [-0.2, -0.15) is 0 Å². The molecule has 2 rings (SSSR count). The highest BCUT2D eigenvalue weighted by Gasteiger charge is 2.06. The van der Waals surface area contributed by atoms with Crippen LogP contribution in [0.1, 0.15) is 12.7 Å². The Morgan fingerprint density at radius 2 is 2.31 bits per heavy atom. The van der Waals surface area contributed by atoms with E-state index in [1.807, 2.05) is 31.2 Å². The predicted molar refractivity (Wildman–Crippen MR) is 61.0 cm³/mol. The molecule has 4 nitrogen and oxygen atoms in total. The van der Waals surface area contributed by atoms with Crippen molar-refractivity contribution < 1.29 is 9.15 Å². The second-order valence-electron chi connectivity index (χ2n) is 3.30. The molecule has 0 fully saturated rings. The Kier molecular flexibility index (Phi) is 3.22. The van der Waals surface area contributed by atoms with Crippen molar-refractivity contribution in [2.75, 3.05) is 6.61 Å². The maximum absolute atomic E-state index is 5.46. The van der Waals surface area contributed by atoms with Gasteiger partial charge in [0.1, 0.15) is 11.5 Å². The lowest BCUT2D eigenvalue weighted by atomic mass is 10.2. The number of hydrogen-bond donors (Lipinski definition) is 1. The van der Waals surface area contributed by atoms with Gasteiger partial charge in [-0.3, -0.25) is 0 Å². The van der Waals surface area contributed by atoms with Crippen molar-refractivity contribution >= 4 is 0 Å². The molecule has 0 unspecified atom stereocenters. The average Bonchev–Trinajstić information content (AvgIpc) is 2.78. The van der Waals surface area contributed by atoms with Gasteiger partial charge in [0.05, 0.1) is 19.3 Å². The zero-order valence-electron chi connectivity index (χ0n) is 9.14. The zero-order valence-corrected chi connectivity index (χ0v) is 9.14. The molecule has 0 aliphatic rings. The minimum Gasteiger partial charge on any atom is -0.494 e. The molecule has 0 amide bonds. The Balaban J connectivity index is 2.28. The van der Waals surface area contributed by atoms with Crippen molar-refractivity contribution in [2.24, 2.45) is 5.73 Å². The van der Waals surface area contributed by atoms with Crippen LogP contribution < -0.4 is 10.5 Å². The lowest BCUT2D eigenvalue weighted by Crippen LogP contribution is -1.92. The van der Waals surface area contributed by atoms with Gasteiger partial charge in [-0.05, 0) is 25.1 Å². The number of nitrogens with two attached hydrogens (primary N) is 1. The highest BCUT2D eigenvalue weighted by atomic mass is 16.5. The highest BCUT2D eigenvalue weighted by Crippen LogP contribution is 2.23. The van der Waals surface area contributed by atoms with Gasteiger partial charge in [0.25, 0.3) is 0 Å². The third kappa shape index (κ3) is 2.23. The monoisotopic (exact) mass is 218 g/mol. The van der Waals surface area contributed by atoms with Crippen molar-refractivity contribution in [3.63, 3.8) is 0 Å². The fraction of sp³-hybridized carbons (Fsp3) is 0.250.